The van der Waals surface area contributed by atoms with Crippen molar-refractivity contribution < 1.29 is 0 Å². The number of nitrogens with one attached hydrogen (secondary N) is 1. The first-order chi connectivity index (χ1) is 9.22. The number of nitrogens with zero attached hydrogens (tertiary/aromatic N) is 1. The minimum Gasteiger partial charge on any atom is -0.311 e. The van der Waals surface area contributed by atoms with Crippen LogP contribution in [0.4, 0.5) is 0 Å². The molecule has 0 aromatic rings. The van der Waals surface area contributed by atoms with Crippen LogP contribution in [0.25, 0.3) is 0 Å². The summed E-state index contributed by atoms with van der Waals surface area (Å²) in [5.41, 5.74) is 0.341. The minimum absolute atomic E-state index is 0.341. The van der Waals surface area contributed by atoms with E-state index in [1.807, 2.05) is 0 Å². The number of piperazine rings is 1. The molecule has 0 radical (unpaired) electrons. The minimum atomic E-state index is 0.341. The van der Waals surface area contributed by atoms with Crippen LogP contribution in [0.3, 0.4) is 0 Å². The summed E-state index contributed by atoms with van der Waals surface area (Å²) in [7, 11) is 0. The van der Waals surface area contributed by atoms with Crippen LogP contribution in [0.1, 0.15) is 68.2 Å². The first-order valence-corrected chi connectivity index (χ1v) is 8.71. The molecule has 0 spiro atoms. The predicted octanol–water partition coefficient (Wildman–Crippen LogP) is 4.16. The Balaban J connectivity index is 2.88. The zero-order valence-corrected chi connectivity index (χ0v) is 15.2. The quantitative estimate of drug-likeness (QED) is 0.814. The van der Waals surface area contributed by atoms with Gasteiger partial charge >= 0.3 is 0 Å². The lowest BCUT2D eigenvalue weighted by atomic mass is 9.82. The van der Waals surface area contributed by atoms with Crippen LogP contribution in [-0.4, -0.2) is 36.1 Å². The average molecular weight is 283 g/mol. The van der Waals surface area contributed by atoms with Gasteiger partial charge < -0.3 is 5.32 Å². The molecule has 1 fully saturated rings. The van der Waals surface area contributed by atoms with Gasteiger partial charge in [-0.3, -0.25) is 4.90 Å². The second-order valence-electron chi connectivity index (χ2n) is 8.15. The van der Waals surface area contributed by atoms with Gasteiger partial charge in [0.05, 0.1) is 0 Å². The summed E-state index contributed by atoms with van der Waals surface area (Å²) < 4.78 is 0. The van der Waals surface area contributed by atoms with Gasteiger partial charge in [0.25, 0.3) is 0 Å². The number of hydrogen-bond acceptors (Lipinski definition) is 2. The molecule has 3 atom stereocenters. The third-order valence-corrected chi connectivity index (χ3v) is 5.46. The summed E-state index contributed by atoms with van der Waals surface area (Å²) in [6, 6.07) is 1.99. The highest BCUT2D eigenvalue weighted by molar-refractivity contribution is 4.95. The fraction of sp³-hybridized carbons (Fsp3) is 1.00. The summed E-state index contributed by atoms with van der Waals surface area (Å²) in [5.74, 6) is 1.55. The van der Waals surface area contributed by atoms with Crippen LogP contribution in [0, 0.1) is 17.3 Å². The van der Waals surface area contributed by atoms with Crippen molar-refractivity contribution in [2.24, 2.45) is 17.3 Å². The van der Waals surface area contributed by atoms with Gasteiger partial charge in [-0.05, 0) is 24.2 Å². The fourth-order valence-corrected chi connectivity index (χ4v) is 3.70. The maximum atomic E-state index is 3.81. The van der Waals surface area contributed by atoms with E-state index in [0.717, 1.165) is 18.4 Å². The topological polar surface area (TPSA) is 15.3 Å². The number of hydrogen-bond donors (Lipinski definition) is 1. The van der Waals surface area contributed by atoms with Gasteiger partial charge in [-0.1, -0.05) is 61.3 Å². The molecular weight excluding hydrogens is 244 g/mol. The Morgan fingerprint density at radius 2 is 1.65 bits per heavy atom. The third-order valence-electron chi connectivity index (χ3n) is 5.46. The standard InChI is InChI=1S/C18H38N2/c1-9-15(10-2)14(5)20-12-17(18(6,7)8)19-11-16(20)13(3)4/h13-17,19H,9-12H2,1-8H3. The molecule has 1 rings (SSSR count). The molecule has 1 heterocycles. The molecule has 0 aliphatic carbocycles. The second kappa shape index (κ2) is 7.26. The summed E-state index contributed by atoms with van der Waals surface area (Å²) in [6.07, 6.45) is 2.60. The Morgan fingerprint density at radius 1 is 1.10 bits per heavy atom. The molecule has 0 aromatic carbocycles. The maximum absolute atomic E-state index is 3.81. The summed E-state index contributed by atoms with van der Waals surface area (Å²) >= 11 is 0. The molecule has 1 saturated heterocycles. The van der Waals surface area contributed by atoms with Crippen molar-refractivity contribution in [2.45, 2.75) is 86.4 Å². The molecule has 120 valence electrons. The normalized spacial score (nSPS) is 27.3. The second-order valence-corrected chi connectivity index (χ2v) is 8.15. The van der Waals surface area contributed by atoms with Gasteiger partial charge in [0.1, 0.15) is 0 Å². The molecular formula is C18H38N2. The van der Waals surface area contributed by atoms with E-state index in [0.29, 0.717) is 23.5 Å². The van der Waals surface area contributed by atoms with Crippen LogP contribution in [0.15, 0.2) is 0 Å². The highest BCUT2D eigenvalue weighted by atomic mass is 15.3. The maximum Gasteiger partial charge on any atom is 0.0247 e. The predicted molar refractivity (Wildman–Crippen MR) is 90.1 cm³/mol. The van der Waals surface area contributed by atoms with Gasteiger partial charge in [-0.2, -0.15) is 0 Å². The van der Waals surface area contributed by atoms with Crippen molar-refractivity contribution in [2.75, 3.05) is 13.1 Å². The zero-order valence-electron chi connectivity index (χ0n) is 15.2. The third kappa shape index (κ3) is 4.21. The van der Waals surface area contributed by atoms with Gasteiger partial charge in [0.15, 0.2) is 0 Å². The van der Waals surface area contributed by atoms with Gasteiger partial charge in [-0.25, -0.2) is 0 Å². The van der Waals surface area contributed by atoms with Gasteiger partial charge in [0, 0.05) is 31.2 Å². The van der Waals surface area contributed by atoms with Crippen molar-refractivity contribution in [3.63, 3.8) is 0 Å². The Kier molecular flexibility index (Phi) is 6.53. The molecule has 0 amide bonds. The Morgan fingerprint density at radius 3 is 2.05 bits per heavy atom. The van der Waals surface area contributed by atoms with E-state index in [-0.39, 0.29) is 0 Å². The highest BCUT2D eigenvalue weighted by Gasteiger charge is 2.38. The SMILES string of the molecule is CCC(CC)C(C)N1CC(C(C)(C)C)NCC1C(C)C. The van der Waals surface area contributed by atoms with Crippen molar-refractivity contribution in [3.05, 3.63) is 0 Å². The highest BCUT2D eigenvalue weighted by Crippen LogP contribution is 2.30. The van der Waals surface area contributed by atoms with Crippen LogP contribution in [-0.2, 0) is 0 Å². The monoisotopic (exact) mass is 282 g/mol. The molecule has 2 nitrogen and oxygen atoms in total. The number of rotatable bonds is 5. The van der Waals surface area contributed by atoms with E-state index in [1.165, 1.54) is 19.4 Å². The first kappa shape index (κ1) is 18.0. The molecule has 1 aliphatic heterocycles. The summed E-state index contributed by atoms with van der Waals surface area (Å²) in [5, 5.41) is 3.81. The van der Waals surface area contributed by atoms with Crippen LogP contribution >= 0.6 is 0 Å². The molecule has 0 aromatic heterocycles. The molecule has 0 saturated carbocycles. The summed E-state index contributed by atoms with van der Waals surface area (Å²) in [6.45, 7) is 21.3. The van der Waals surface area contributed by atoms with E-state index in [1.54, 1.807) is 0 Å². The fourth-order valence-electron chi connectivity index (χ4n) is 3.70. The van der Waals surface area contributed by atoms with Gasteiger partial charge in [0.2, 0.25) is 0 Å². The first-order valence-electron chi connectivity index (χ1n) is 8.71. The summed E-state index contributed by atoms with van der Waals surface area (Å²) in [4.78, 5) is 2.81. The van der Waals surface area contributed by atoms with E-state index in [9.17, 15) is 0 Å². The lowest BCUT2D eigenvalue weighted by Gasteiger charge is -2.50. The van der Waals surface area contributed by atoms with Crippen LogP contribution < -0.4 is 5.32 Å². The molecule has 1 aliphatic rings. The Bertz CT molecular complexity index is 276. The van der Waals surface area contributed by atoms with E-state index in [4.69, 9.17) is 0 Å². The van der Waals surface area contributed by atoms with Crippen LogP contribution in [0.5, 0.6) is 0 Å². The van der Waals surface area contributed by atoms with E-state index in [2.05, 4.69) is 65.6 Å². The van der Waals surface area contributed by atoms with Crippen molar-refractivity contribution in [3.8, 4) is 0 Å². The van der Waals surface area contributed by atoms with Gasteiger partial charge in [-0.15, -0.1) is 0 Å². The van der Waals surface area contributed by atoms with Crippen LogP contribution in [0.2, 0.25) is 0 Å². The smallest absolute Gasteiger partial charge is 0.0247 e. The van der Waals surface area contributed by atoms with Crippen molar-refractivity contribution in [1.82, 2.24) is 10.2 Å². The van der Waals surface area contributed by atoms with E-state index >= 15 is 0 Å². The largest absolute Gasteiger partial charge is 0.311 e. The molecule has 3 unspecified atom stereocenters. The molecule has 2 heteroatoms. The lowest BCUT2D eigenvalue weighted by molar-refractivity contribution is 0.0132. The average Bonchev–Trinajstić information content (AvgIpc) is 2.38. The molecule has 20 heavy (non-hydrogen) atoms. The van der Waals surface area contributed by atoms with Crippen molar-refractivity contribution in [1.29, 1.82) is 0 Å². The molecule has 0 bridgehead atoms. The molecule has 1 N–H and O–H groups in total. The Labute approximate surface area is 127 Å². The van der Waals surface area contributed by atoms with E-state index < -0.39 is 0 Å². The zero-order chi connectivity index (χ0) is 15.5. The lowest BCUT2D eigenvalue weighted by Crippen LogP contribution is -2.64. The van der Waals surface area contributed by atoms with Crippen molar-refractivity contribution >= 4 is 0 Å². The Hall–Kier alpha value is -0.0800.